The Morgan fingerprint density at radius 2 is 1.75 bits per heavy atom. The second-order valence-corrected chi connectivity index (χ2v) is 5.65. The Balaban J connectivity index is 2.24. The van der Waals surface area contributed by atoms with Gasteiger partial charge in [-0.05, 0) is 31.5 Å². The number of carbonyl (C=O) groups excluding carboxylic acids is 1. The molecule has 126 valence electrons. The minimum Gasteiger partial charge on any atom is -0.468 e. The van der Waals surface area contributed by atoms with Gasteiger partial charge in [0.2, 0.25) is 0 Å². The molecule has 2 aromatic carbocycles. The first kappa shape index (κ1) is 17.4. The number of rotatable bonds is 5. The number of nitrogens with zero attached hydrogens (tertiary/aromatic N) is 1. The molecule has 2 aromatic rings. The molecule has 0 unspecified atom stereocenters. The van der Waals surface area contributed by atoms with Gasteiger partial charge in [0.15, 0.2) is 0 Å². The first-order chi connectivity index (χ1) is 11.2. The van der Waals surface area contributed by atoms with Crippen LogP contribution in [0.4, 0.5) is 10.1 Å². The zero-order valence-corrected chi connectivity index (χ0v) is 13.4. The third-order valence-corrected chi connectivity index (χ3v) is 3.57. The van der Waals surface area contributed by atoms with E-state index in [9.17, 15) is 19.3 Å². The Hall–Kier alpha value is -2.96. The minimum absolute atomic E-state index is 0.0154. The number of nitro benzene ring substituents is 1. The average Bonchev–Trinajstić information content (AvgIpc) is 2.53. The highest BCUT2D eigenvalue weighted by atomic mass is 19.1. The fourth-order valence-electron chi connectivity index (χ4n) is 2.16. The molecule has 0 radical (unpaired) electrons. The minimum atomic E-state index is -0.828. The zero-order chi connectivity index (χ0) is 17.9. The van der Waals surface area contributed by atoms with Crippen LogP contribution >= 0.6 is 0 Å². The van der Waals surface area contributed by atoms with Gasteiger partial charge in [-0.15, -0.1) is 0 Å². The SMILES string of the molecule is COC(=O)C(C)(C)c1ccc(Oc2cc(F)cc([N+](=O)[O-])c2)cc1. The van der Waals surface area contributed by atoms with E-state index in [-0.39, 0.29) is 11.7 Å². The predicted molar refractivity (Wildman–Crippen MR) is 84.6 cm³/mol. The molecule has 0 saturated carbocycles. The van der Waals surface area contributed by atoms with E-state index in [0.29, 0.717) is 11.3 Å². The number of halogens is 1. The fraction of sp³-hybridized carbons (Fsp3) is 0.235. The van der Waals surface area contributed by atoms with Crippen LogP contribution in [0.15, 0.2) is 42.5 Å². The summed E-state index contributed by atoms with van der Waals surface area (Å²) in [6.07, 6.45) is 0. The van der Waals surface area contributed by atoms with E-state index in [1.54, 1.807) is 38.1 Å². The van der Waals surface area contributed by atoms with Crippen LogP contribution in [0.3, 0.4) is 0 Å². The van der Waals surface area contributed by atoms with Gasteiger partial charge in [-0.2, -0.15) is 0 Å². The summed E-state index contributed by atoms with van der Waals surface area (Å²) in [6.45, 7) is 3.45. The highest BCUT2D eigenvalue weighted by Gasteiger charge is 2.30. The lowest BCUT2D eigenvalue weighted by molar-refractivity contribution is -0.385. The Labute approximate surface area is 138 Å². The van der Waals surface area contributed by atoms with E-state index in [2.05, 4.69) is 0 Å². The maximum absolute atomic E-state index is 13.4. The van der Waals surface area contributed by atoms with Crippen LogP contribution in [0.25, 0.3) is 0 Å². The third-order valence-electron chi connectivity index (χ3n) is 3.57. The molecule has 0 amide bonds. The van der Waals surface area contributed by atoms with Crippen molar-refractivity contribution < 1.29 is 23.6 Å². The maximum Gasteiger partial charge on any atom is 0.315 e. The highest BCUT2D eigenvalue weighted by Crippen LogP contribution is 2.30. The molecule has 0 aromatic heterocycles. The molecule has 2 rings (SSSR count). The van der Waals surface area contributed by atoms with Crippen molar-refractivity contribution in [3.05, 3.63) is 64.0 Å². The van der Waals surface area contributed by atoms with Gasteiger partial charge in [0, 0.05) is 6.07 Å². The molecule has 0 spiro atoms. The Morgan fingerprint density at radius 3 is 2.29 bits per heavy atom. The zero-order valence-electron chi connectivity index (χ0n) is 13.4. The van der Waals surface area contributed by atoms with E-state index in [1.165, 1.54) is 7.11 Å². The molecule has 0 aliphatic rings. The molecular weight excluding hydrogens is 317 g/mol. The van der Waals surface area contributed by atoms with Crippen LogP contribution < -0.4 is 4.74 Å². The molecule has 0 aliphatic carbocycles. The lowest BCUT2D eigenvalue weighted by Crippen LogP contribution is -2.30. The van der Waals surface area contributed by atoms with Crippen molar-refractivity contribution >= 4 is 11.7 Å². The topological polar surface area (TPSA) is 78.7 Å². The second kappa shape index (κ2) is 6.66. The number of nitro groups is 1. The van der Waals surface area contributed by atoms with Gasteiger partial charge in [0.05, 0.1) is 29.6 Å². The summed E-state index contributed by atoms with van der Waals surface area (Å²) >= 11 is 0. The number of non-ortho nitro benzene ring substituents is 1. The summed E-state index contributed by atoms with van der Waals surface area (Å²) in [5.41, 5.74) is -0.509. The molecule has 0 aliphatic heterocycles. The number of methoxy groups -OCH3 is 1. The van der Waals surface area contributed by atoms with E-state index < -0.39 is 21.8 Å². The summed E-state index contributed by atoms with van der Waals surface area (Å²) in [5, 5.41) is 10.7. The first-order valence-electron chi connectivity index (χ1n) is 7.06. The van der Waals surface area contributed by atoms with Gasteiger partial charge in [0.1, 0.15) is 17.3 Å². The van der Waals surface area contributed by atoms with Crippen molar-refractivity contribution in [3.63, 3.8) is 0 Å². The monoisotopic (exact) mass is 333 g/mol. The number of hydrogen-bond donors (Lipinski definition) is 0. The molecular formula is C17H16FNO5. The largest absolute Gasteiger partial charge is 0.468 e. The van der Waals surface area contributed by atoms with Gasteiger partial charge in [-0.3, -0.25) is 14.9 Å². The standard InChI is InChI=1S/C17H16FNO5/c1-17(2,16(20)23-3)11-4-6-14(7-5-11)24-15-9-12(18)8-13(10-15)19(21)22/h4-10H,1-3H3. The molecule has 0 fully saturated rings. The van der Waals surface area contributed by atoms with E-state index >= 15 is 0 Å². The highest BCUT2D eigenvalue weighted by molar-refractivity contribution is 5.82. The van der Waals surface area contributed by atoms with E-state index in [4.69, 9.17) is 9.47 Å². The van der Waals surface area contributed by atoms with Gasteiger partial charge >= 0.3 is 5.97 Å². The average molecular weight is 333 g/mol. The van der Waals surface area contributed by atoms with Crippen LogP contribution in [0.2, 0.25) is 0 Å². The van der Waals surface area contributed by atoms with Crippen molar-refractivity contribution in [3.8, 4) is 11.5 Å². The van der Waals surface area contributed by atoms with Crippen molar-refractivity contribution in [1.29, 1.82) is 0 Å². The van der Waals surface area contributed by atoms with E-state index in [1.807, 2.05) is 0 Å². The smallest absolute Gasteiger partial charge is 0.315 e. The second-order valence-electron chi connectivity index (χ2n) is 5.65. The van der Waals surface area contributed by atoms with Crippen LogP contribution in [0, 0.1) is 15.9 Å². The van der Waals surface area contributed by atoms with Crippen LogP contribution in [-0.4, -0.2) is 18.0 Å². The Bertz CT molecular complexity index is 771. The number of hydrogen-bond acceptors (Lipinski definition) is 5. The fourth-order valence-corrected chi connectivity index (χ4v) is 2.16. The van der Waals surface area contributed by atoms with E-state index in [0.717, 1.165) is 18.2 Å². The van der Waals surface area contributed by atoms with Crippen LogP contribution in [0.5, 0.6) is 11.5 Å². The number of carbonyl (C=O) groups is 1. The third kappa shape index (κ3) is 3.68. The molecule has 0 atom stereocenters. The number of ether oxygens (including phenoxy) is 2. The lowest BCUT2D eigenvalue weighted by atomic mass is 9.85. The van der Waals surface area contributed by atoms with Crippen molar-refractivity contribution in [2.24, 2.45) is 0 Å². The summed E-state index contributed by atoms with van der Waals surface area (Å²) in [5.74, 6) is -0.763. The molecule has 24 heavy (non-hydrogen) atoms. The van der Waals surface area contributed by atoms with Crippen LogP contribution in [-0.2, 0) is 14.9 Å². The van der Waals surface area contributed by atoms with Crippen molar-refractivity contribution in [1.82, 2.24) is 0 Å². The van der Waals surface area contributed by atoms with Gasteiger partial charge < -0.3 is 9.47 Å². The summed E-state index contributed by atoms with van der Waals surface area (Å²) in [6, 6.07) is 9.55. The first-order valence-corrected chi connectivity index (χ1v) is 7.06. The summed E-state index contributed by atoms with van der Waals surface area (Å²) in [4.78, 5) is 21.8. The Kier molecular flexibility index (Phi) is 4.82. The molecule has 0 bridgehead atoms. The number of benzene rings is 2. The normalized spacial score (nSPS) is 11.0. The van der Waals surface area contributed by atoms with Gasteiger partial charge in [0.25, 0.3) is 5.69 Å². The predicted octanol–water partition coefficient (Wildman–Crippen LogP) is 3.98. The molecule has 7 heteroatoms. The lowest BCUT2D eigenvalue weighted by Gasteiger charge is -2.22. The quantitative estimate of drug-likeness (QED) is 0.470. The summed E-state index contributed by atoms with van der Waals surface area (Å²) < 4.78 is 23.6. The molecule has 0 saturated heterocycles. The maximum atomic E-state index is 13.4. The summed E-state index contributed by atoms with van der Waals surface area (Å²) in [7, 11) is 1.32. The number of esters is 1. The van der Waals surface area contributed by atoms with Crippen molar-refractivity contribution in [2.45, 2.75) is 19.3 Å². The molecule has 0 heterocycles. The molecule has 0 N–H and O–H groups in total. The van der Waals surface area contributed by atoms with Crippen molar-refractivity contribution in [2.75, 3.05) is 7.11 Å². The van der Waals surface area contributed by atoms with Crippen LogP contribution in [0.1, 0.15) is 19.4 Å². The molecule has 6 nitrogen and oxygen atoms in total. The van der Waals surface area contributed by atoms with Gasteiger partial charge in [-0.1, -0.05) is 12.1 Å². The van der Waals surface area contributed by atoms with Gasteiger partial charge in [-0.25, -0.2) is 4.39 Å². The Morgan fingerprint density at radius 1 is 1.12 bits per heavy atom.